The highest BCUT2D eigenvalue weighted by Gasteiger charge is 2.61. The molecule has 0 aromatic carbocycles. The summed E-state index contributed by atoms with van der Waals surface area (Å²) in [7, 11) is 0. The van der Waals surface area contributed by atoms with Crippen molar-refractivity contribution in [3.63, 3.8) is 0 Å². The number of hydrogen-bond donors (Lipinski definition) is 1. The van der Waals surface area contributed by atoms with Crippen molar-refractivity contribution >= 4 is 35.0 Å². The maximum absolute atomic E-state index is 13.6. The number of halogens is 3. The molecule has 0 unspecified atom stereocenters. The fourth-order valence-corrected chi connectivity index (χ4v) is 5.73. The second-order valence-corrected chi connectivity index (χ2v) is 10.9. The number of carbonyl (C=O) groups excluding carboxylic acids is 2. The maximum Gasteiger partial charge on any atom is 0.419 e. The van der Waals surface area contributed by atoms with Crippen LogP contribution in [0.5, 0.6) is 0 Å². The monoisotopic (exact) mass is 523 g/mol. The lowest BCUT2D eigenvalue weighted by Gasteiger charge is -2.48. The van der Waals surface area contributed by atoms with Gasteiger partial charge in [0.15, 0.2) is 10.8 Å². The summed E-state index contributed by atoms with van der Waals surface area (Å²) in [6.45, 7) is 5.37. The average molecular weight is 524 g/mol. The van der Waals surface area contributed by atoms with E-state index in [1.807, 2.05) is 4.90 Å². The van der Waals surface area contributed by atoms with Crippen LogP contribution in [0.4, 0.5) is 23.7 Å². The number of amides is 2. The number of anilines is 1. The molecule has 3 aliphatic rings. The minimum atomic E-state index is -4.80. The lowest BCUT2D eigenvalue weighted by atomic mass is 9.73. The summed E-state index contributed by atoms with van der Waals surface area (Å²) >= 11 is 5.68. The maximum atomic E-state index is 13.6. The van der Waals surface area contributed by atoms with E-state index in [-0.39, 0.29) is 28.8 Å². The molecule has 1 spiro atoms. The Morgan fingerprint density at radius 2 is 1.89 bits per heavy atom. The van der Waals surface area contributed by atoms with Crippen LogP contribution >= 0.6 is 12.2 Å². The quantitative estimate of drug-likeness (QED) is 0.575. The number of hydrogen-bond acceptors (Lipinski definition) is 6. The topological polar surface area (TPSA) is 98.6 Å². The van der Waals surface area contributed by atoms with Gasteiger partial charge in [-0.2, -0.15) is 18.4 Å². The molecule has 12 heteroatoms. The standard InChI is InChI=1S/C24H28F3N5O3S/c1-22(2,3)35-20(34)30-14-5-7-15(8-6-14)32-21(36)31(19(33)23(32)9-4-10-23)16-11-17(24(25,26)27)18(12-28)29-13-16/h11,13-15H,4-10H2,1-3H3,(H,30,34). The number of nitriles is 1. The van der Waals surface area contributed by atoms with Gasteiger partial charge in [0.1, 0.15) is 17.2 Å². The summed E-state index contributed by atoms with van der Waals surface area (Å²) in [6.07, 6.45) is 0.380. The number of rotatable bonds is 3. The Labute approximate surface area is 212 Å². The van der Waals surface area contributed by atoms with Gasteiger partial charge in [0.25, 0.3) is 5.91 Å². The highest BCUT2D eigenvalue weighted by molar-refractivity contribution is 7.80. The number of pyridine rings is 1. The zero-order chi connectivity index (χ0) is 26.5. The van der Waals surface area contributed by atoms with E-state index >= 15 is 0 Å². The molecule has 2 amide bonds. The SMILES string of the molecule is CC(C)(C)OC(=O)NC1CCC(N2C(=S)N(c3cnc(C#N)c(C(F)(F)F)c3)C(=O)C23CCC3)CC1. The molecule has 0 bridgehead atoms. The third-order valence-corrected chi connectivity index (χ3v) is 7.35. The molecular weight excluding hydrogens is 495 g/mol. The van der Waals surface area contributed by atoms with Crippen molar-refractivity contribution < 1.29 is 27.5 Å². The number of thiocarbonyl (C=S) groups is 1. The van der Waals surface area contributed by atoms with Crippen molar-refractivity contribution in [3.05, 3.63) is 23.5 Å². The van der Waals surface area contributed by atoms with Gasteiger partial charge in [-0.25, -0.2) is 9.78 Å². The van der Waals surface area contributed by atoms with Gasteiger partial charge < -0.3 is 15.0 Å². The van der Waals surface area contributed by atoms with Crippen molar-refractivity contribution in [1.82, 2.24) is 15.2 Å². The lowest BCUT2D eigenvalue weighted by Crippen LogP contribution is -2.59. The van der Waals surface area contributed by atoms with Gasteiger partial charge in [-0.3, -0.25) is 9.69 Å². The van der Waals surface area contributed by atoms with Crippen molar-refractivity contribution in [2.45, 2.75) is 95.1 Å². The molecule has 194 valence electrons. The number of alkyl halides is 3. The molecule has 0 atom stereocenters. The molecule has 36 heavy (non-hydrogen) atoms. The molecule has 2 aliphatic carbocycles. The van der Waals surface area contributed by atoms with E-state index in [2.05, 4.69) is 10.3 Å². The molecule has 1 saturated heterocycles. The van der Waals surface area contributed by atoms with Crippen molar-refractivity contribution in [1.29, 1.82) is 5.26 Å². The number of ether oxygens (including phenoxy) is 1. The molecule has 4 rings (SSSR count). The van der Waals surface area contributed by atoms with Gasteiger partial charge >= 0.3 is 12.3 Å². The smallest absolute Gasteiger partial charge is 0.419 e. The summed E-state index contributed by atoms with van der Waals surface area (Å²) in [6, 6.07) is 2.06. The molecule has 0 radical (unpaired) electrons. The van der Waals surface area contributed by atoms with Gasteiger partial charge in [-0.1, -0.05) is 0 Å². The zero-order valence-corrected chi connectivity index (χ0v) is 21.1. The normalized spacial score (nSPS) is 23.9. The van der Waals surface area contributed by atoms with Crippen LogP contribution in [0, 0.1) is 11.3 Å². The molecule has 1 N–H and O–H groups in total. The Morgan fingerprint density at radius 3 is 2.39 bits per heavy atom. The van der Waals surface area contributed by atoms with E-state index in [4.69, 9.17) is 22.2 Å². The summed E-state index contributed by atoms with van der Waals surface area (Å²) in [5.74, 6) is -0.354. The minimum Gasteiger partial charge on any atom is -0.444 e. The second kappa shape index (κ2) is 9.18. The second-order valence-electron chi connectivity index (χ2n) is 10.5. The first-order valence-corrected chi connectivity index (χ1v) is 12.3. The van der Waals surface area contributed by atoms with Crippen molar-refractivity contribution in [2.75, 3.05) is 4.90 Å². The first kappa shape index (κ1) is 26.1. The third-order valence-electron chi connectivity index (χ3n) is 6.97. The first-order valence-electron chi connectivity index (χ1n) is 11.9. The minimum absolute atomic E-state index is 0.0755. The Balaban J connectivity index is 1.54. The van der Waals surface area contributed by atoms with E-state index in [9.17, 15) is 22.8 Å². The molecular formula is C24H28F3N5O3S. The Bertz CT molecular complexity index is 1120. The van der Waals surface area contributed by atoms with Gasteiger partial charge in [0.05, 0.1) is 17.4 Å². The summed E-state index contributed by atoms with van der Waals surface area (Å²) in [5.41, 5.74) is -3.52. The summed E-state index contributed by atoms with van der Waals surface area (Å²) < 4.78 is 45.9. The van der Waals surface area contributed by atoms with E-state index in [1.54, 1.807) is 20.8 Å². The molecule has 3 fully saturated rings. The van der Waals surface area contributed by atoms with Crippen molar-refractivity contribution in [3.8, 4) is 6.07 Å². The highest BCUT2D eigenvalue weighted by atomic mass is 32.1. The largest absolute Gasteiger partial charge is 0.444 e. The van der Waals surface area contributed by atoms with Crippen LogP contribution in [0.1, 0.15) is 77.0 Å². The Kier molecular flexibility index (Phi) is 6.66. The number of nitrogens with zero attached hydrogens (tertiary/aromatic N) is 4. The fourth-order valence-electron chi connectivity index (χ4n) is 5.22. The van der Waals surface area contributed by atoms with E-state index in [1.165, 1.54) is 6.07 Å². The van der Waals surface area contributed by atoms with Gasteiger partial charge in [0.2, 0.25) is 0 Å². The third kappa shape index (κ3) is 4.73. The Morgan fingerprint density at radius 1 is 1.25 bits per heavy atom. The molecule has 2 saturated carbocycles. The number of carbonyl (C=O) groups is 2. The van der Waals surface area contributed by atoms with Gasteiger partial charge in [0, 0.05) is 12.1 Å². The van der Waals surface area contributed by atoms with Crippen LogP contribution < -0.4 is 10.2 Å². The molecule has 1 aromatic heterocycles. The summed E-state index contributed by atoms with van der Waals surface area (Å²) in [5, 5.41) is 12.1. The lowest BCUT2D eigenvalue weighted by molar-refractivity contribution is -0.138. The van der Waals surface area contributed by atoms with Crippen LogP contribution in [0.15, 0.2) is 12.3 Å². The van der Waals surface area contributed by atoms with E-state index in [0.717, 1.165) is 23.6 Å². The predicted molar refractivity (Wildman–Crippen MR) is 128 cm³/mol. The van der Waals surface area contributed by atoms with Crippen LogP contribution in [0.25, 0.3) is 0 Å². The van der Waals surface area contributed by atoms with Crippen molar-refractivity contribution in [2.24, 2.45) is 0 Å². The zero-order valence-electron chi connectivity index (χ0n) is 20.3. The van der Waals surface area contributed by atoms with Crippen LogP contribution in [0.3, 0.4) is 0 Å². The van der Waals surface area contributed by atoms with Gasteiger partial charge in [-0.15, -0.1) is 0 Å². The first-order chi connectivity index (χ1) is 16.8. The average Bonchev–Trinajstić information content (AvgIpc) is 2.98. The number of aromatic nitrogens is 1. The highest BCUT2D eigenvalue weighted by Crippen LogP contribution is 2.48. The van der Waals surface area contributed by atoms with Crippen LogP contribution in [-0.2, 0) is 15.7 Å². The van der Waals surface area contributed by atoms with Crippen LogP contribution in [0.2, 0.25) is 0 Å². The van der Waals surface area contributed by atoms with Gasteiger partial charge in [-0.05, 0) is 84.0 Å². The van der Waals surface area contributed by atoms with Crippen LogP contribution in [-0.4, -0.2) is 50.2 Å². The molecule has 8 nitrogen and oxygen atoms in total. The predicted octanol–water partition coefficient (Wildman–Crippen LogP) is 4.66. The fraction of sp³-hybridized carbons (Fsp3) is 0.625. The summed E-state index contributed by atoms with van der Waals surface area (Å²) in [4.78, 5) is 32.4. The number of nitrogens with one attached hydrogen (secondary N) is 1. The molecule has 1 aliphatic heterocycles. The Hall–Kier alpha value is -2.94. The van der Waals surface area contributed by atoms with E-state index < -0.39 is 34.7 Å². The van der Waals surface area contributed by atoms with E-state index in [0.29, 0.717) is 38.5 Å². The molecule has 2 heterocycles. The number of alkyl carbamates (subject to hydrolysis) is 1. The molecule has 1 aromatic rings.